The van der Waals surface area contributed by atoms with Gasteiger partial charge >= 0.3 is 0 Å². The minimum atomic E-state index is 0.478. The molecule has 1 fully saturated rings. The first-order valence-corrected chi connectivity index (χ1v) is 9.03. The summed E-state index contributed by atoms with van der Waals surface area (Å²) in [6.07, 6.45) is 5.16. The second-order valence-corrected chi connectivity index (χ2v) is 7.66. The van der Waals surface area contributed by atoms with Crippen LogP contribution in [0.1, 0.15) is 46.5 Å². The molecule has 4 heteroatoms. The van der Waals surface area contributed by atoms with Gasteiger partial charge < -0.3 is 9.47 Å². The van der Waals surface area contributed by atoms with Gasteiger partial charge in [0.15, 0.2) is 0 Å². The Hall–Kier alpha value is -0.160. The fraction of sp³-hybridized carbons (Fsp3) is 1.00. The minimum Gasteiger partial charge on any atom is -0.383 e. The topological polar surface area (TPSA) is 24.9 Å². The van der Waals surface area contributed by atoms with Crippen molar-refractivity contribution in [2.45, 2.75) is 46.5 Å². The molecule has 0 N–H and O–H groups in total. The quantitative estimate of drug-likeness (QED) is 0.548. The number of piperazine rings is 1. The van der Waals surface area contributed by atoms with Crippen LogP contribution in [0.2, 0.25) is 0 Å². The summed E-state index contributed by atoms with van der Waals surface area (Å²) in [7, 11) is 1.77. The molecule has 0 radical (unpaired) electrons. The third-order valence-corrected chi connectivity index (χ3v) is 4.34. The molecule has 1 saturated heterocycles. The molecule has 0 spiro atoms. The fourth-order valence-corrected chi connectivity index (χ4v) is 2.79. The summed E-state index contributed by atoms with van der Waals surface area (Å²) >= 11 is 0. The highest BCUT2D eigenvalue weighted by Gasteiger charge is 2.15. The van der Waals surface area contributed by atoms with Gasteiger partial charge in [0.2, 0.25) is 0 Å². The fourth-order valence-electron chi connectivity index (χ4n) is 2.79. The van der Waals surface area contributed by atoms with E-state index in [1.54, 1.807) is 7.11 Å². The maximum Gasteiger partial charge on any atom is 0.0593 e. The van der Waals surface area contributed by atoms with Crippen LogP contribution in [0, 0.1) is 5.41 Å². The summed E-state index contributed by atoms with van der Waals surface area (Å²) in [5.74, 6) is 0. The van der Waals surface area contributed by atoms with E-state index in [0.29, 0.717) is 5.41 Å². The molecule has 1 rings (SSSR count). The normalized spacial score (nSPS) is 18.0. The molecule has 0 saturated carbocycles. The van der Waals surface area contributed by atoms with Crippen LogP contribution >= 0.6 is 0 Å². The van der Waals surface area contributed by atoms with Crippen LogP contribution in [0.15, 0.2) is 0 Å². The average Bonchev–Trinajstić information content (AvgIpc) is 2.48. The van der Waals surface area contributed by atoms with E-state index >= 15 is 0 Å². The first kappa shape index (κ1) is 19.9. The molecule has 132 valence electrons. The van der Waals surface area contributed by atoms with Gasteiger partial charge in [-0.05, 0) is 18.3 Å². The summed E-state index contributed by atoms with van der Waals surface area (Å²) in [5.41, 5.74) is 0.478. The van der Waals surface area contributed by atoms with E-state index in [4.69, 9.17) is 9.47 Å². The Bertz CT molecular complexity index is 258. The predicted molar refractivity (Wildman–Crippen MR) is 93.5 cm³/mol. The zero-order valence-electron chi connectivity index (χ0n) is 15.4. The van der Waals surface area contributed by atoms with Gasteiger partial charge in [-0.15, -0.1) is 0 Å². The molecule has 0 unspecified atom stereocenters. The second kappa shape index (κ2) is 11.4. The van der Waals surface area contributed by atoms with Crippen molar-refractivity contribution in [3.05, 3.63) is 0 Å². The van der Waals surface area contributed by atoms with Gasteiger partial charge in [0.25, 0.3) is 0 Å². The molecule has 0 aromatic carbocycles. The molecule has 4 nitrogen and oxygen atoms in total. The number of unbranched alkanes of at least 4 members (excludes halogenated alkanes) is 2. The third kappa shape index (κ3) is 10.5. The number of methoxy groups -OCH3 is 1. The monoisotopic (exact) mass is 314 g/mol. The van der Waals surface area contributed by atoms with Gasteiger partial charge in [0, 0.05) is 53.0 Å². The molecule has 1 heterocycles. The highest BCUT2D eigenvalue weighted by molar-refractivity contribution is 4.71. The largest absolute Gasteiger partial charge is 0.383 e. The van der Waals surface area contributed by atoms with Crippen molar-refractivity contribution >= 4 is 0 Å². The number of nitrogens with zero attached hydrogens (tertiary/aromatic N) is 2. The first-order chi connectivity index (χ1) is 10.5. The Morgan fingerprint density at radius 2 is 1.36 bits per heavy atom. The molecule has 1 aliphatic heterocycles. The predicted octanol–water partition coefficient (Wildman–Crippen LogP) is 2.87. The van der Waals surface area contributed by atoms with Crippen molar-refractivity contribution in [3.63, 3.8) is 0 Å². The van der Waals surface area contributed by atoms with Gasteiger partial charge in [0.05, 0.1) is 13.2 Å². The van der Waals surface area contributed by atoms with Crippen molar-refractivity contribution in [3.8, 4) is 0 Å². The summed E-state index contributed by atoms with van der Waals surface area (Å²) in [4.78, 5) is 5.00. The number of ether oxygens (including phenoxy) is 2. The molecule has 0 aromatic heterocycles. The van der Waals surface area contributed by atoms with Crippen LogP contribution in [0.25, 0.3) is 0 Å². The maximum atomic E-state index is 5.79. The standard InChI is InChI=1S/C18H38N2O2/c1-18(2,3)8-6-5-7-15-22-17-14-20-11-9-19(10-12-20)13-16-21-4/h5-17H2,1-4H3. The van der Waals surface area contributed by atoms with Crippen LogP contribution in [0.3, 0.4) is 0 Å². The lowest BCUT2D eigenvalue weighted by Crippen LogP contribution is -2.48. The van der Waals surface area contributed by atoms with E-state index in [1.165, 1.54) is 38.8 Å². The third-order valence-electron chi connectivity index (χ3n) is 4.34. The van der Waals surface area contributed by atoms with Gasteiger partial charge in [-0.3, -0.25) is 9.80 Å². The van der Waals surface area contributed by atoms with Gasteiger partial charge in [-0.25, -0.2) is 0 Å². The second-order valence-electron chi connectivity index (χ2n) is 7.66. The maximum absolute atomic E-state index is 5.79. The highest BCUT2D eigenvalue weighted by Crippen LogP contribution is 2.21. The van der Waals surface area contributed by atoms with E-state index in [-0.39, 0.29) is 0 Å². The lowest BCUT2D eigenvalue weighted by Gasteiger charge is -2.34. The molecule has 0 atom stereocenters. The molecule has 1 aliphatic rings. The summed E-state index contributed by atoms with van der Waals surface area (Å²) in [6.45, 7) is 16.4. The van der Waals surface area contributed by atoms with Crippen LogP contribution < -0.4 is 0 Å². The van der Waals surface area contributed by atoms with Crippen molar-refractivity contribution in [2.24, 2.45) is 5.41 Å². The Morgan fingerprint density at radius 3 is 1.91 bits per heavy atom. The summed E-state index contributed by atoms with van der Waals surface area (Å²) in [5, 5.41) is 0. The van der Waals surface area contributed by atoms with Gasteiger partial charge in [-0.1, -0.05) is 33.6 Å². The van der Waals surface area contributed by atoms with Crippen molar-refractivity contribution < 1.29 is 9.47 Å². The van der Waals surface area contributed by atoms with Gasteiger partial charge in [-0.2, -0.15) is 0 Å². The number of hydrogen-bond acceptors (Lipinski definition) is 4. The lowest BCUT2D eigenvalue weighted by atomic mass is 9.89. The van der Waals surface area contributed by atoms with E-state index in [2.05, 4.69) is 30.6 Å². The van der Waals surface area contributed by atoms with Crippen LogP contribution in [0.5, 0.6) is 0 Å². The molecule has 22 heavy (non-hydrogen) atoms. The summed E-state index contributed by atoms with van der Waals surface area (Å²) in [6, 6.07) is 0. The van der Waals surface area contributed by atoms with Crippen molar-refractivity contribution in [2.75, 3.05) is 66.2 Å². The molecular weight excluding hydrogens is 276 g/mol. The zero-order valence-corrected chi connectivity index (χ0v) is 15.4. The van der Waals surface area contributed by atoms with E-state index < -0.39 is 0 Å². The Balaban J connectivity index is 1.87. The Kier molecular flexibility index (Phi) is 10.3. The molecule has 0 bridgehead atoms. The number of hydrogen-bond donors (Lipinski definition) is 0. The van der Waals surface area contributed by atoms with Gasteiger partial charge in [0.1, 0.15) is 0 Å². The van der Waals surface area contributed by atoms with E-state index in [1.807, 2.05) is 0 Å². The minimum absolute atomic E-state index is 0.478. The number of rotatable bonds is 11. The van der Waals surface area contributed by atoms with Crippen molar-refractivity contribution in [1.29, 1.82) is 0 Å². The van der Waals surface area contributed by atoms with E-state index in [9.17, 15) is 0 Å². The zero-order chi connectivity index (χ0) is 16.3. The van der Waals surface area contributed by atoms with Crippen LogP contribution in [-0.2, 0) is 9.47 Å². The highest BCUT2D eigenvalue weighted by atomic mass is 16.5. The summed E-state index contributed by atoms with van der Waals surface area (Å²) < 4.78 is 10.9. The molecule has 0 aliphatic carbocycles. The molecule has 0 amide bonds. The van der Waals surface area contributed by atoms with Crippen LogP contribution in [0.4, 0.5) is 0 Å². The molecule has 0 aromatic rings. The Labute approximate surface area is 138 Å². The molecular formula is C18H38N2O2. The van der Waals surface area contributed by atoms with Crippen LogP contribution in [-0.4, -0.2) is 76.0 Å². The lowest BCUT2D eigenvalue weighted by molar-refractivity contribution is 0.0640. The average molecular weight is 315 g/mol. The van der Waals surface area contributed by atoms with Crippen molar-refractivity contribution in [1.82, 2.24) is 9.80 Å². The first-order valence-electron chi connectivity index (χ1n) is 9.03. The van der Waals surface area contributed by atoms with E-state index in [0.717, 1.165) is 46.0 Å². The SMILES string of the molecule is COCCN1CCN(CCOCCCCCC(C)(C)C)CC1. The smallest absolute Gasteiger partial charge is 0.0593 e. The Morgan fingerprint density at radius 1 is 0.773 bits per heavy atom.